The minimum Gasteiger partial charge on any atom is -0.378 e. The van der Waals surface area contributed by atoms with E-state index in [1.165, 1.54) is 6.07 Å². The van der Waals surface area contributed by atoms with Crippen LogP contribution in [0.5, 0.6) is 0 Å². The summed E-state index contributed by atoms with van der Waals surface area (Å²) in [6, 6.07) is 3.12. The number of hydrogen-bond donors (Lipinski definition) is 0. The molecule has 1 amide bonds. The molecule has 164 valence electrons. The summed E-state index contributed by atoms with van der Waals surface area (Å²) in [5.74, 6) is -0.600. The molecule has 2 aromatic heterocycles. The molecule has 4 rings (SSSR count). The van der Waals surface area contributed by atoms with E-state index in [9.17, 15) is 18.0 Å². The van der Waals surface area contributed by atoms with Gasteiger partial charge in [0.2, 0.25) is 5.91 Å². The van der Waals surface area contributed by atoms with Gasteiger partial charge in [-0.25, -0.2) is 0 Å². The second kappa shape index (κ2) is 8.37. The fourth-order valence-corrected chi connectivity index (χ4v) is 4.22. The highest BCUT2D eigenvalue weighted by atomic mass is 19.4. The Kier molecular flexibility index (Phi) is 5.81. The van der Waals surface area contributed by atoms with Crippen LogP contribution < -0.4 is 4.90 Å². The molecule has 0 atom stereocenters. The first kappa shape index (κ1) is 20.8. The first-order valence-corrected chi connectivity index (χ1v) is 10.3. The van der Waals surface area contributed by atoms with Crippen molar-refractivity contribution in [1.29, 1.82) is 0 Å². The Labute approximate surface area is 172 Å². The average molecular weight is 426 g/mol. The summed E-state index contributed by atoms with van der Waals surface area (Å²) < 4.78 is 45.6. The Morgan fingerprint density at radius 1 is 1.10 bits per heavy atom. The van der Waals surface area contributed by atoms with E-state index in [2.05, 4.69) is 15.3 Å². The fraction of sp³-hybridized carbons (Fsp3) is 0.684. The summed E-state index contributed by atoms with van der Waals surface area (Å²) in [5, 5.41) is 10.8. The average Bonchev–Trinajstić information content (AvgIpc) is 3.18. The number of fused-ring (bicyclic) bond motifs is 1. The Bertz CT molecular complexity index is 886. The number of alkyl halides is 3. The lowest BCUT2D eigenvalue weighted by molar-refractivity contribution is -0.146. The number of anilines is 1. The summed E-state index contributed by atoms with van der Waals surface area (Å²) >= 11 is 0. The van der Waals surface area contributed by atoms with Crippen molar-refractivity contribution in [3.8, 4) is 0 Å². The number of amides is 1. The van der Waals surface area contributed by atoms with E-state index in [0.29, 0.717) is 38.4 Å². The van der Waals surface area contributed by atoms with Crippen LogP contribution in [0.2, 0.25) is 0 Å². The molecule has 0 aromatic carbocycles. The van der Waals surface area contributed by atoms with Crippen molar-refractivity contribution in [3.05, 3.63) is 18.0 Å². The molecule has 0 N–H and O–H groups in total. The van der Waals surface area contributed by atoms with E-state index in [1.807, 2.05) is 16.7 Å². The Balaban J connectivity index is 1.37. The third-order valence-corrected chi connectivity index (χ3v) is 5.83. The lowest BCUT2D eigenvalue weighted by Crippen LogP contribution is -2.46. The molecule has 11 heteroatoms. The molecule has 2 saturated heterocycles. The zero-order valence-electron chi connectivity index (χ0n) is 16.8. The molecule has 0 unspecified atom stereocenters. The lowest BCUT2D eigenvalue weighted by Gasteiger charge is -2.37. The molecule has 0 spiro atoms. The molecule has 0 bridgehead atoms. The molecule has 8 nitrogen and oxygen atoms in total. The molecular weight excluding hydrogens is 401 g/mol. The number of rotatable bonds is 4. The van der Waals surface area contributed by atoms with Crippen LogP contribution in [0.25, 0.3) is 5.65 Å². The predicted octanol–water partition coefficient (Wildman–Crippen LogP) is 2.39. The molecule has 2 aromatic rings. The zero-order chi connectivity index (χ0) is 21.3. The minimum atomic E-state index is -4.62. The monoisotopic (exact) mass is 426 g/mol. The van der Waals surface area contributed by atoms with E-state index >= 15 is 0 Å². The number of hydrogen-bond acceptors (Lipinski definition) is 6. The third kappa shape index (κ3) is 4.21. The Morgan fingerprint density at radius 3 is 2.43 bits per heavy atom. The van der Waals surface area contributed by atoms with E-state index in [-0.39, 0.29) is 23.6 Å². The van der Waals surface area contributed by atoms with Gasteiger partial charge >= 0.3 is 6.18 Å². The summed E-state index contributed by atoms with van der Waals surface area (Å²) in [7, 11) is 0. The molecule has 4 heterocycles. The van der Waals surface area contributed by atoms with Crippen LogP contribution in [-0.4, -0.2) is 69.5 Å². The third-order valence-electron chi connectivity index (χ3n) is 5.83. The largest absolute Gasteiger partial charge is 0.453 e. The standard InChI is InChI=1S/C19H25F3N6O2/c1-2-30-14-7-11-27(12-8-14)17(29)13-5-9-26(10-6-13)16-4-3-15-23-24-18(19(20,21)22)28(15)25-16/h3-4,13-14H,2,5-12H2,1H3. The van der Waals surface area contributed by atoms with Crippen molar-refractivity contribution in [3.63, 3.8) is 0 Å². The van der Waals surface area contributed by atoms with Gasteiger partial charge in [0.05, 0.1) is 6.10 Å². The second-order valence-corrected chi connectivity index (χ2v) is 7.72. The maximum absolute atomic E-state index is 13.1. The molecule has 2 aliphatic heterocycles. The predicted molar refractivity (Wildman–Crippen MR) is 102 cm³/mol. The molecule has 0 saturated carbocycles. The van der Waals surface area contributed by atoms with E-state index in [0.717, 1.165) is 30.4 Å². The smallest absolute Gasteiger partial charge is 0.378 e. The van der Waals surface area contributed by atoms with Crippen LogP contribution in [0.1, 0.15) is 38.4 Å². The van der Waals surface area contributed by atoms with Crippen molar-refractivity contribution in [2.24, 2.45) is 5.92 Å². The zero-order valence-corrected chi connectivity index (χ0v) is 16.8. The van der Waals surface area contributed by atoms with Crippen molar-refractivity contribution >= 4 is 17.4 Å². The number of likely N-dealkylation sites (tertiary alicyclic amines) is 1. The highest BCUT2D eigenvalue weighted by molar-refractivity contribution is 5.79. The fourth-order valence-electron chi connectivity index (χ4n) is 4.22. The number of nitrogens with zero attached hydrogens (tertiary/aromatic N) is 6. The number of halogens is 3. The molecule has 0 aliphatic carbocycles. The van der Waals surface area contributed by atoms with Gasteiger partial charge in [0.25, 0.3) is 5.82 Å². The highest BCUT2D eigenvalue weighted by Gasteiger charge is 2.38. The van der Waals surface area contributed by atoms with Crippen LogP contribution >= 0.6 is 0 Å². The number of carbonyl (C=O) groups is 1. The van der Waals surface area contributed by atoms with Crippen molar-refractivity contribution < 1.29 is 22.7 Å². The number of carbonyl (C=O) groups excluding carboxylic acids is 1. The van der Waals surface area contributed by atoms with Gasteiger partial charge in [-0.15, -0.1) is 15.3 Å². The molecule has 2 aliphatic rings. The quantitative estimate of drug-likeness (QED) is 0.747. The Hall–Kier alpha value is -2.43. The van der Waals surface area contributed by atoms with Crippen molar-refractivity contribution in [2.45, 2.75) is 44.9 Å². The number of aromatic nitrogens is 4. The van der Waals surface area contributed by atoms with Gasteiger partial charge < -0.3 is 14.5 Å². The van der Waals surface area contributed by atoms with Gasteiger partial charge in [-0.3, -0.25) is 4.79 Å². The SMILES string of the molecule is CCOC1CCN(C(=O)C2CCN(c3ccc4nnc(C(F)(F)F)n4n3)CC2)CC1. The van der Waals surface area contributed by atoms with Crippen LogP contribution in [0.15, 0.2) is 12.1 Å². The summed E-state index contributed by atoms with van der Waals surface area (Å²) in [4.78, 5) is 16.7. The molecular formula is C19H25F3N6O2. The topological polar surface area (TPSA) is 75.9 Å². The van der Waals surface area contributed by atoms with Crippen LogP contribution in [0.4, 0.5) is 19.0 Å². The van der Waals surface area contributed by atoms with E-state index < -0.39 is 12.0 Å². The van der Waals surface area contributed by atoms with Crippen LogP contribution in [-0.2, 0) is 15.7 Å². The normalized spacial score (nSPS) is 19.6. The van der Waals surface area contributed by atoms with E-state index in [1.54, 1.807) is 6.07 Å². The maximum atomic E-state index is 13.1. The second-order valence-electron chi connectivity index (χ2n) is 7.72. The van der Waals surface area contributed by atoms with Gasteiger partial charge in [0.1, 0.15) is 5.82 Å². The van der Waals surface area contributed by atoms with E-state index in [4.69, 9.17) is 4.74 Å². The van der Waals surface area contributed by atoms with Gasteiger partial charge in [0.15, 0.2) is 5.65 Å². The molecule has 30 heavy (non-hydrogen) atoms. The lowest BCUT2D eigenvalue weighted by atomic mass is 9.94. The van der Waals surface area contributed by atoms with Gasteiger partial charge in [0, 0.05) is 38.7 Å². The highest BCUT2D eigenvalue weighted by Crippen LogP contribution is 2.29. The minimum absolute atomic E-state index is 0.0478. The first-order chi connectivity index (χ1) is 14.4. The maximum Gasteiger partial charge on any atom is 0.453 e. The Morgan fingerprint density at radius 2 is 1.80 bits per heavy atom. The molecule has 0 radical (unpaired) electrons. The van der Waals surface area contributed by atoms with Crippen molar-refractivity contribution in [2.75, 3.05) is 37.7 Å². The number of piperidine rings is 2. The van der Waals surface area contributed by atoms with Gasteiger partial charge in [-0.05, 0) is 44.7 Å². The summed E-state index contributed by atoms with van der Waals surface area (Å²) in [5.41, 5.74) is 0.0478. The van der Waals surface area contributed by atoms with Crippen LogP contribution in [0.3, 0.4) is 0 Å². The first-order valence-electron chi connectivity index (χ1n) is 10.3. The van der Waals surface area contributed by atoms with Crippen molar-refractivity contribution in [1.82, 2.24) is 24.7 Å². The van der Waals surface area contributed by atoms with Gasteiger partial charge in [-0.2, -0.15) is 17.7 Å². The number of ether oxygens (including phenoxy) is 1. The summed E-state index contributed by atoms with van der Waals surface area (Å²) in [6.45, 7) is 5.23. The van der Waals surface area contributed by atoms with Crippen LogP contribution in [0, 0.1) is 5.92 Å². The molecule has 2 fully saturated rings. The summed E-state index contributed by atoms with van der Waals surface area (Å²) in [6.07, 6.45) is -1.36. The van der Waals surface area contributed by atoms with Gasteiger partial charge in [-0.1, -0.05) is 0 Å².